The molecule has 2 aromatic rings. The number of thiazole rings is 1. The predicted molar refractivity (Wildman–Crippen MR) is 84.7 cm³/mol. The van der Waals surface area contributed by atoms with Crippen LogP contribution in [0.4, 0.5) is 4.39 Å². The van der Waals surface area contributed by atoms with E-state index in [0.717, 1.165) is 11.3 Å². The van der Waals surface area contributed by atoms with E-state index >= 15 is 0 Å². The summed E-state index contributed by atoms with van der Waals surface area (Å²) in [5, 5.41) is 3.40. The number of nitrogens with one attached hydrogen (secondary N) is 1. The Morgan fingerprint density at radius 2 is 2.14 bits per heavy atom. The van der Waals surface area contributed by atoms with E-state index in [2.05, 4.69) is 10.3 Å². The summed E-state index contributed by atoms with van der Waals surface area (Å²) in [5.74, 6) is -0.933. The van der Waals surface area contributed by atoms with Gasteiger partial charge in [-0.05, 0) is 31.5 Å². The lowest BCUT2D eigenvalue weighted by Crippen LogP contribution is -2.38. The molecule has 1 N–H and O–H groups in total. The summed E-state index contributed by atoms with van der Waals surface area (Å²) < 4.78 is 13.4. The molecule has 0 aliphatic rings. The highest BCUT2D eigenvalue weighted by Crippen LogP contribution is 2.28. The molecule has 1 aromatic heterocycles. The fourth-order valence-electron chi connectivity index (χ4n) is 1.91. The highest BCUT2D eigenvalue weighted by molar-refractivity contribution is 7.16. The van der Waals surface area contributed by atoms with Crippen molar-refractivity contribution >= 4 is 34.6 Å². The molecule has 0 spiro atoms. The monoisotopic (exact) mass is 340 g/mol. The smallest absolute Gasteiger partial charge is 0.263 e. The van der Waals surface area contributed by atoms with Crippen molar-refractivity contribution < 1.29 is 14.0 Å². The molecule has 0 saturated carbocycles. The topological polar surface area (TPSA) is 59.1 Å². The minimum Gasteiger partial charge on any atom is -0.342 e. The van der Waals surface area contributed by atoms with Crippen LogP contribution >= 0.6 is 22.9 Å². The van der Waals surface area contributed by atoms with Gasteiger partial charge in [0.05, 0.1) is 12.2 Å². The van der Waals surface area contributed by atoms with Gasteiger partial charge in [-0.3, -0.25) is 9.59 Å². The van der Waals surface area contributed by atoms with E-state index < -0.39 is 11.9 Å². The zero-order valence-electron chi connectivity index (χ0n) is 12.0. The molecule has 0 aliphatic heterocycles. The molecule has 4 nitrogen and oxygen atoms in total. The number of benzene rings is 1. The number of carbonyl (C=O) groups excluding carboxylic acids is 2. The average molecular weight is 341 g/mol. The number of rotatable bonds is 5. The van der Waals surface area contributed by atoms with Crippen LogP contribution in [0.15, 0.2) is 24.4 Å². The normalized spacial score (nSPS) is 12.0. The number of amides is 1. The number of hydrogen-bond acceptors (Lipinski definition) is 4. The van der Waals surface area contributed by atoms with Crippen LogP contribution in [-0.2, 0) is 4.79 Å². The molecule has 1 amide bonds. The highest BCUT2D eigenvalue weighted by atomic mass is 35.5. The first kappa shape index (κ1) is 16.6. The van der Waals surface area contributed by atoms with Crippen LogP contribution in [0.25, 0.3) is 10.6 Å². The van der Waals surface area contributed by atoms with Gasteiger partial charge >= 0.3 is 0 Å². The van der Waals surface area contributed by atoms with Crippen molar-refractivity contribution in [3.63, 3.8) is 0 Å². The predicted octanol–water partition coefficient (Wildman–Crippen LogP) is 3.70. The van der Waals surface area contributed by atoms with E-state index in [-0.39, 0.29) is 16.7 Å². The number of nitrogens with zero attached hydrogens (tertiary/aromatic N) is 1. The molecular formula is C15H14ClFN2O2S. The third-order valence-corrected chi connectivity index (χ3v) is 4.31. The molecule has 116 valence electrons. The van der Waals surface area contributed by atoms with Crippen molar-refractivity contribution in [1.82, 2.24) is 10.3 Å². The molecule has 22 heavy (non-hydrogen) atoms. The van der Waals surface area contributed by atoms with E-state index in [0.29, 0.717) is 21.9 Å². The molecule has 0 bridgehead atoms. The van der Waals surface area contributed by atoms with Crippen LogP contribution in [-0.4, -0.2) is 22.7 Å². The van der Waals surface area contributed by atoms with Gasteiger partial charge in [-0.2, -0.15) is 0 Å². The lowest BCUT2D eigenvalue weighted by molar-refractivity contribution is -0.118. The number of aromatic nitrogens is 1. The summed E-state index contributed by atoms with van der Waals surface area (Å²) in [6.45, 7) is 3.25. The Morgan fingerprint density at radius 1 is 1.41 bits per heavy atom. The molecule has 0 aliphatic carbocycles. The van der Waals surface area contributed by atoms with Gasteiger partial charge in [0.1, 0.15) is 15.7 Å². The summed E-state index contributed by atoms with van der Waals surface area (Å²) >= 11 is 6.93. The van der Waals surface area contributed by atoms with Crippen LogP contribution in [0, 0.1) is 5.82 Å². The number of Topliss-reactive ketones (excluding diaryl/α,β-unsaturated/α-hetero) is 1. The molecule has 1 atom stereocenters. The van der Waals surface area contributed by atoms with Crippen LogP contribution in [0.3, 0.4) is 0 Å². The summed E-state index contributed by atoms with van der Waals surface area (Å²) in [5.41, 5.74) is 0.507. The maximum Gasteiger partial charge on any atom is 0.263 e. The third kappa shape index (κ3) is 3.90. The van der Waals surface area contributed by atoms with Crippen molar-refractivity contribution in [1.29, 1.82) is 0 Å². The van der Waals surface area contributed by atoms with Gasteiger partial charge in [0.25, 0.3) is 5.91 Å². The van der Waals surface area contributed by atoms with Crippen molar-refractivity contribution in [2.75, 3.05) is 0 Å². The first-order chi connectivity index (χ1) is 10.4. The molecule has 0 fully saturated rings. The quantitative estimate of drug-likeness (QED) is 0.902. The Morgan fingerprint density at radius 3 is 2.73 bits per heavy atom. The van der Waals surface area contributed by atoms with Crippen molar-refractivity contribution in [2.45, 2.75) is 26.3 Å². The van der Waals surface area contributed by atoms with Gasteiger partial charge in [-0.1, -0.05) is 18.5 Å². The Bertz CT molecular complexity index is 697. The zero-order valence-corrected chi connectivity index (χ0v) is 13.6. The van der Waals surface area contributed by atoms with Gasteiger partial charge < -0.3 is 5.32 Å². The third-order valence-electron chi connectivity index (χ3n) is 3.04. The maximum absolute atomic E-state index is 13.4. The average Bonchev–Trinajstić information content (AvgIpc) is 2.93. The summed E-state index contributed by atoms with van der Waals surface area (Å²) in [7, 11) is 0. The van der Waals surface area contributed by atoms with E-state index in [1.54, 1.807) is 6.07 Å². The van der Waals surface area contributed by atoms with E-state index in [1.807, 2.05) is 6.92 Å². The van der Waals surface area contributed by atoms with Crippen molar-refractivity contribution in [2.24, 2.45) is 0 Å². The van der Waals surface area contributed by atoms with Gasteiger partial charge in [-0.15, -0.1) is 11.3 Å². The number of hydrogen-bond donors (Lipinski definition) is 1. The zero-order chi connectivity index (χ0) is 16.3. The molecule has 0 radical (unpaired) electrons. The first-order valence-electron chi connectivity index (χ1n) is 6.64. The van der Waals surface area contributed by atoms with Gasteiger partial charge in [0.15, 0.2) is 5.78 Å². The largest absolute Gasteiger partial charge is 0.342 e. The van der Waals surface area contributed by atoms with Crippen molar-refractivity contribution in [3.05, 3.63) is 40.1 Å². The summed E-state index contributed by atoms with van der Waals surface area (Å²) in [6, 6.07) is 3.57. The second-order valence-corrected chi connectivity index (χ2v) is 6.20. The lowest BCUT2D eigenvalue weighted by atomic mass is 10.1. The molecular weight excluding hydrogens is 327 g/mol. The van der Waals surface area contributed by atoms with Gasteiger partial charge in [0.2, 0.25) is 0 Å². The Labute approximate surface area is 136 Å². The molecule has 2 rings (SSSR count). The molecule has 0 saturated heterocycles. The Balaban J connectivity index is 2.20. The standard InChI is InChI=1S/C15H14ClFN2O2S/c1-3-12(8(2)20)19-14(21)13-7-18-15(22-13)9-4-10(16)6-11(17)5-9/h4-7,12H,3H2,1-2H3,(H,19,21). The lowest BCUT2D eigenvalue weighted by Gasteiger charge is -2.12. The second-order valence-electron chi connectivity index (χ2n) is 4.73. The maximum atomic E-state index is 13.4. The van der Waals surface area contributed by atoms with Crippen LogP contribution < -0.4 is 5.32 Å². The van der Waals surface area contributed by atoms with Gasteiger partial charge in [-0.25, -0.2) is 9.37 Å². The Hall–Kier alpha value is -1.79. The number of halogens is 2. The van der Waals surface area contributed by atoms with Gasteiger partial charge in [0, 0.05) is 10.6 Å². The fraction of sp³-hybridized carbons (Fsp3) is 0.267. The second kappa shape index (κ2) is 6.98. The molecule has 1 aromatic carbocycles. The van der Waals surface area contributed by atoms with Crippen LogP contribution in [0.1, 0.15) is 29.9 Å². The van der Waals surface area contributed by atoms with E-state index in [1.165, 1.54) is 25.3 Å². The van der Waals surface area contributed by atoms with Crippen LogP contribution in [0.2, 0.25) is 5.02 Å². The van der Waals surface area contributed by atoms with Crippen molar-refractivity contribution in [3.8, 4) is 10.6 Å². The number of carbonyl (C=O) groups is 2. The van der Waals surface area contributed by atoms with Crippen LogP contribution in [0.5, 0.6) is 0 Å². The minimum absolute atomic E-state index is 0.0995. The highest BCUT2D eigenvalue weighted by Gasteiger charge is 2.18. The fourth-order valence-corrected chi connectivity index (χ4v) is 2.94. The molecule has 1 unspecified atom stereocenters. The SMILES string of the molecule is CCC(NC(=O)c1cnc(-c2cc(F)cc(Cl)c2)s1)C(C)=O. The van der Waals surface area contributed by atoms with E-state index in [4.69, 9.17) is 11.6 Å². The number of ketones is 1. The summed E-state index contributed by atoms with van der Waals surface area (Å²) in [4.78, 5) is 27.9. The summed E-state index contributed by atoms with van der Waals surface area (Å²) in [6.07, 6.45) is 1.92. The molecule has 1 heterocycles. The molecule has 7 heteroatoms. The van der Waals surface area contributed by atoms with E-state index in [9.17, 15) is 14.0 Å². The first-order valence-corrected chi connectivity index (χ1v) is 7.83. The minimum atomic E-state index is -0.512. The Kier molecular flexibility index (Phi) is 5.26.